The first kappa shape index (κ1) is 14.5. The third kappa shape index (κ3) is 2.42. The fourth-order valence-electron chi connectivity index (χ4n) is 2.29. The van der Waals surface area contributed by atoms with Gasteiger partial charge in [0.15, 0.2) is 12.0 Å². The van der Waals surface area contributed by atoms with Gasteiger partial charge in [0, 0.05) is 12.6 Å². The Morgan fingerprint density at radius 3 is 2.82 bits per heavy atom. The van der Waals surface area contributed by atoms with Gasteiger partial charge in [-0.3, -0.25) is 9.69 Å². The van der Waals surface area contributed by atoms with Crippen molar-refractivity contribution < 1.29 is 9.18 Å². The number of rotatable bonds is 2. The summed E-state index contributed by atoms with van der Waals surface area (Å²) in [5.74, 6) is -0.521. The molecule has 1 aromatic heterocycles. The number of aliphatic imine (C=N–C) groups is 1. The van der Waals surface area contributed by atoms with E-state index < -0.39 is 11.9 Å². The molecular formula is C15H12ClFN4O. The van der Waals surface area contributed by atoms with Crippen molar-refractivity contribution in [2.45, 2.75) is 6.04 Å². The summed E-state index contributed by atoms with van der Waals surface area (Å²) in [7, 11) is 1.57. The number of carbonyl (C=O) groups excluding carboxylic acids is 1. The molecule has 0 spiro atoms. The summed E-state index contributed by atoms with van der Waals surface area (Å²) in [6.07, 6.45) is 1.05. The first-order valence-corrected chi connectivity index (χ1v) is 6.87. The summed E-state index contributed by atoms with van der Waals surface area (Å²) in [4.78, 5) is 21.4. The van der Waals surface area contributed by atoms with Crippen LogP contribution in [-0.4, -0.2) is 28.8 Å². The molecule has 5 nitrogen and oxygen atoms in total. The van der Waals surface area contributed by atoms with E-state index >= 15 is 0 Å². The van der Waals surface area contributed by atoms with Crippen molar-refractivity contribution in [3.63, 3.8) is 0 Å². The first-order chi connectivity index (χ1) is 10.5. The molecule has 2 heterocycles. The number of carbonyl (C=O) groups is 1. The van der Waals surface area contributed by atoms with Gasteiger partial charge in [-0.05, 0) is 23.3 Å². The van der Waals surface area contributed by atoms with Crippen LogP contribution < -0.4 is 5.73 Å². The number of hydrogen-bond donors (Lipinski definition) is 1. The van der Waals surface area contributed by atoms with Gasteiger partial charge >= 0.3 is 0 Å². The van der Waals surface area contributed by atoms with Crippen LogP contribution >= 0.6 is 11.6 Å². The van der Waals surface area contributed by atoms with Crippen LogP contribution in [0.4, 0.5) is 4.39 Å². The zero-order chi connectivity index (χ0) is 15.9. The maximum absolute atomic E-state index is 13.4. The SMILES string of the molecule is CN1C(=O)C(c2cccc(-c3cc(F)cnc3Cl)c2)N=C1N. The number of halogens is 2. The van der Waals surface area contributed by atoms with E-state index in [1.807, 2.05) is 0 Å². The molecule has 0 radical (unpaired) electrons. The Morgan fingerprint density at radius 2 is 2.14 bits per heavy atom. The van der Waals surface area contributed by atoms with Crippen LogP contribution in [0.1, 0.15) is 11.6 Å². The Balaban J connectivity index is 2.04. The summed E-state index contributed by atoms with van der Waals surface area (Å²) in [5, 5.41) is 0.191. The van der Waals surface area contributed by atoms with Gasteiger partial charge < -0.3 is 5.73 Å². The highest BCUT2D eigenvalue weighted by atomic mass is 35.5. The highest BCUT2D eigenvalue weighted by molar-refractivity contribution is 6.32. The van der Waals surface area contributed by atoms with Crippen molar-refractivity contribution in [3.8, 4) is 11.1 Å². The van der Waals surface area contributed by atoms with E-state index in [9.17, 15) is 9.18 Å². The quantitative estimate of drug-likeness (QED) is 0.864. The predicted octanol–water partition coefficient (Wildman–Crippen LogP) is 2.37. The molecule has 3 rings (SSSR count). The van der Waals surface area contributed by atoms with Gasteiger partial charge in [0.05, 0.1) is 6.20 Å². The minimum atomic E-state index is -0.690. The van der Waals surface area contributed by atoms with Crippen molar-refractivity contribution in [2.24, 2.45) is 10.7 Å². The summed E-state index contributed by atoms with van der Waals surface area (Å²) < 4.78 is 13.4. The summed E-state index contributed by atoms with van der Waals surface area (Å²) in [6.45, 7) is 0. The molecule has 7 heteroatoms. The van der Waals surface area contributed by atoms with Crippen molar-refractivity contribution in [1.82, 2.24) is 9.88 Å². The Labute approximate surface area is 131 Å². The normalized spacial score (nSPS) is 17.8. The minimum Gasteiger partial charge on any atom is -0.369 e. The molecule has 1 aliphatic heterocycles. The van der Waals surface area contributed by atoms with Crippen LogP contribution in [0, 0.1) is 5.82 Å². The van der Waals surface area contributed by atoms with Gasteiger partial charge in [-0.1, -0.05) is 29.8 Å². The lowest BCUT2D eigenvalue weighted by molar-refractivity contribution is -0.126. The van der Waals surface area contributed by atoms with Crippen LogP contribution in [0.2, 0.25) is 5.15 Å². The molecule has 1 atom stereocenters. The van der Waals surface area contributed by atoms with Crippen LogP contribution in [0.15, 0.2) is 41.5 Å². The third-order valence-electron chi connectivity index (χ3n) is 3.49. The molecule has 0 fully saturated rings. The second-order valence-electron chi connectivity index (χ2n) is 4.90. The predicted molar refractivity (Wildman–Crippen MR) is 81.8 cm³/mol. The number of pyridine rings is 1. The molecule has 2 aromatic rings. The zero-order valence-electron chi connectivity index (χ0n) is 11.6. The van der Waals surface area contributed by atoms with Gasteiger partial charge in [0.1, 0.15) is 11.0 Å². The molecule has 1 amide bonds. The lowest BCUT2D eigenvalue weighted by Gasteiger charge is -2.11. The maximum Gasteiger partial charge on any atom is 0.258 e. The highest BCUT2D eigenvalue weighted by Crippen LogP contribution is 2.31. The molecular weight excluding hydrogens is 307 g/mol. The van der Waals surface area contributed by atoms with Crippen LogP contribution in [0.25, 0.3) is 11.1 Å². The van der Waals surface area contributed by atoms with Gasteiger partial charge in [-0.15, -0.1) is 0 Å². The van der Waals surface area contributed by atoms with Crippen molar-refractivity contribution in [3.05, 3.63) is 53.1 Å². The van der Waals surface area contributed by atoms with E-state index in [0.29, 0.717) is 16.7 Å². The second kappa shape index (κ2) is 5.38. The topological polar surface area (TPSA) is 71.6 Å². The Hall–Kier alpha value is -2.47. The lowest BCUT2D eigenvalue weighted by Crippen LogP contribution is -2.34. The van der Waals surface area contributed by atoms with Crippen LogP contribution in [-0.2, 0) is 4.79 Å². The van der Waals surface area contributed by atoms with Gasteiger partial charge in [0.2, 0.25) is 0 Å². The number of nitrogens with zero attached hydrogens (tertiary/aromatic N) is 3. The highest BCUT2D eigenvalue weighted by Gasteiger charge is 2.31. The fraction of sp³-hybridized carbons (Fsp3) is 0.133. The molecule has 0 aliphatic carbocycles. The number of likely N-dealkylation sites (N-methyl/N-ethyl adjacent to an activating group) is 1. The smallest absolute Gasteiger partial charge is 0.258 e. The largest absolute Gasteiger partial charge is 0.369 e. The number of hydrogen-bond acceptors (Lipinski definition) is 4. The molecule has 2 N–H and O–H groups in total. The van der Waals surface area contributed by atoms with Gasteiger partial charge in [-0.2, -0.15) is 0 Å². The minimum absolute atomic E-state index is 0.172. The molecule has 0 bridgehead atoms. The van der Waals surface area contributed by atoms with E-state index in [2.05, 4.69) is 9.98 Å². The molecule has 22 heavy (non-hydrogen) atoms. The van der Waals surface area contributed by atoms with Crippen LogP contribution in [0.5, 0.6) is 0 Å². The van der Waals surface area contributed by atoms with Crippen molar-refractivity contribution in [1.29, 1.82) is 0 Å². The van der Waals surface area contributed by atoms with Crippen molar-refractivity contribution >= 4 is 23.5 Å². The maximum atomic E-state index is 13.4. The number of benzene rings is 1. The summed E-state index contributed by atoms with van der Waals surface area (Å²) >= 11 is 6.02. The summed E-state index contributed by atoms with van der Waals surface area (Å²) in [6, 6.07) is 7.63. The molecule has 0 saturated heterocycles. The average Bonchev–Trinajstić information content (AvgIpc) is 2.77. The van der Waals surface area contributed by atoms with Gasteiger partial charge in [0.25, 0.3) is 5.91 Å². The van der Waals surface area contributed by atoms with E-state index in [4.69, 9.17) is 17.3 Å². The number of guanidine groups is 1. The van der Waals surface area contributed by atoms with Gasteiger partial charge in [-0.25, -0.2) is 14.4 Å². The third-order valence-corrected chi connectivity index (χ3v) is 3.79. The lowest BCUT2D eigenvalue weighted by atomic mass is 10.0. The Morgan fingerprint density at radius 1 is 1.36 bits per heavy atom. The van der Waals surface area contributed by atoms with E-state index in [-0.39, 0.29) is 17.0 Å². The second-order valence-corrected chi connectivity index (χ2v) is 5.26. The number of aromatic nitrogens is 1. The fourth-order valence-corrected chi connectivity index (χ4v) is 2.50. The molecule has 0 saturated carbocycles. The first-order valence-electron chi connectivity index (χ1n) is 6.49. The van der Waals surface area contributed by atoms with Crippen molar-refractivity contribution in [2.75, 3.05) is 7.05 Å². The number of nitrogens with two attached hydrogens (primary N) is 1. The Kier molecular flexibility index (Phi) is 3.54. The Bertz CT molecular complexity index is 793. The summed E-state index contributed by atoms with van der Waals surface area (Å²) in [5.41, 5.74) is 7.44. The zero-order valence-corrected chi connectivity index (χ0v) is 12.4. The molecule has 112 valence electrons. The molecule has 1 aromatic carbocycles. The molecule has 1 unspecified atom stereocenters. The average molecular weight is 319 g/mol. The van der Waals surface area contributed by atoms with Crippen LogP contribution in [0.3, 0.4) is 0 Å². The van der Waals surface area contributed by atoms with E-state index in [1.54, 1.807) is 31.3 Å². The molecule has 1 aliphatic rings. The number of amides is 1. The van der Waals surface area contributed by atoms with E-state index in [0.717, 1.165) is 6.20 Å². The standard InChI is InChI=1S/C15H12ClFN4O/c1-21-14(22)12(20-15(21)18)9-4-2-3-8(5-9)11-6-10(17)7-19-13(11)16/h2-7,12H,1H3,(H2,18,20). The monoisotopic (exact) mass is 318 g/mol. The van der Waals surface area contributed by atoms with E-state index in [1.165, 1.54) is 11.0 Å².